The Balaban J connectivity index is 1.55. The van der Waals surface area contributed by atoms with Crippen LogP contribution in [0.1, 0.15) is 48.9 Å². The Bertz CT molecular complexity index is 1120. The molecule has 0 aromatic heterocycles. The molecule has 9 heteroatoms. The Hall–Kier alpha value is -2.91. The van der Waals surface area contributed by atoms with Crippen molar-refractivity contribution < 1.29 is 22.7 Å². The van der Waals surface area contributed by atoms with Crippen molar-refractivity contribution in [1.29, 1.82) is 0 Å². The van der Waals surface area contributed by atoms with Gasteiger partial charge in [0.1, 0.15) is 5.75 Å². The highest BCUT2D eigenvalue weighted by molar-refractivity contribution is 7.89. The number of benzene rings is 2. The maximum absolute atomic E-state index is 13.2. The summed E-state index contributed by atoms with van der Waals surface area (Å²) in [7, 11) is -2.26. The number of carbonyl (C=O) groups is 2. The number of hydrogen-bond acceptors (Lipinski definition) is 5. The molecule has 0 radical (unpaired) electrons. The zero-order valence-electron chi connectivity index (χ0n) is 18.7. The first-order valence-corrected chi connectivity index (χ1v) is 12.7. The molecular formula is C24H29N3O5S. The van der Waals surface area contributed by atoms with Crippen LogP contribution in [0.3, 0.4) is 0 Å². The molecule has 0 unspecified atom stereocenters. The van der Waals surface area contributed by atoms with Gasteiger partial charge in [0.15, 0.2) is 0 Å². The van der Waals surface area contributed by atoms with Crippen molar-refractivity contribution in [1.82, 2.24) is 4.31 Å². The molecule has 176 valence electrons. The summed E-state index contributed by atoms with van der Waals surface area (Å²) in [4.78, 5) is 26.8. The first-order valence-electron chi connectivity index (χ1n) is 11.3. The van der Waals surface area contributed by atoms with Crippen LogP contribution in [0.2, 0.25) is 0 Å². The van der Waals surface area contributed by atoms with Crippen molar-refractivity contribution in [3.63, 3.8) is 0 Å². The normalized spacial score (nSPS) is 17.6. The van der Waals surface area contributed by atoms with Crippen LogP contribution in [-0.2, 0) is 14.8 Å². The van der Waals surface area contributed by atoms with Crippen LogP contribution in [0, 0.1) is 0 Å². The molecule has 1 N–H and O–H groups in total. The lowest BCUT2D eigenvalue weighted by Gasteiger charge is -2.21. The molecule has 33 heavy (non-hydrogen) atoms. The van der Waals surface area contributed by atoms with E-state index in [1.165, 1.54) is 29.6 Å². The number of sulfonamides is 1. The molecule has 2 aromatic carbocycles. The van der Waals surface area contributed by atoms with Gasteiger partial charge in [-0.2, -0.15) is 4.31 Å². The molecule has 8 nitrogen and oxygen atoms in total. The van der Waals surface area contributed by atoms with Crippen LogP contribution in [0.4, 0.5) is 11.4 Å². The van der Waals surface area contributed by atoms with Crippen LogP contribution in [0.25, 0.3) is 0 Å². The third-order valence-corrected chi connectivity index (χ3v) is 8.02. The minimum absolute atomic E-state index is 0.0817. The van der Waals surface area contributed by atoms with Gasteiger partial charge in [0.25, 0.3) is 5.91 Å². The number of hydrogen-bond donors (Lipinski definition) is 1. The van der Waals surface area contributed by atoms with Gasteiger partial charge in [-0.15, -0.1) is 0 Å². The van der Waals surface area contributed by atoms with Crippen LogP contribution in [0.15, 0.2) is 47.4 Å². The molecule has 0 bridgehead atoms. The van der Waals surface area contributed by atoms with E-state index in [1.54, 1.807) is 29.2 Å². The van der Waals surface area contributed by atoms with Gasteiger partial charge in [0.05, 0.1) is 17.6 Å². The number of ether oxygens (including phenoxy) is 1. The predicted octanol–water partition coefficient (Wildman–Crippen LogP) is 3.64. The summed E-state index contributed by atoms with van der Waals surface area (Å²) < 4.78 is 33.2. The van der Waals surface area contributed by atoms with Gasteiger partial charge < -0.3 is 15.0 Å². The minimum Gasteiger partial charge on any atom is -0.496 e. The highest BCUT2D eigenvalue weighted by Gasteiger charge is 2.27. The zero-order valence-corrected chi connectivity index (χ0v) is 19.6. The number of anilines is 2. The predicted molar refractivity (Wildman–Crippen MR) is 126 cm³/mol. The van der Waals surface area contributed by atoms with E-state index in [-0.39, 0.29) is 16.4 Å². The molecule has 4 rings (SSSR count). The smallest absolute Gasteiger partial charge is 0.259 e. The number of amides is 2. The van der Waals surface area contributed by atoms with E-state index in [2.05, 4.69) is 5.32 Å². The fraction of sp³-hybridized carbons (Fsp3) is 0.417. The summed E-state index contributed by atoms with van der Waals surface area (Å²) in [6, 6.07) is 11.4. The van der Waals surface area contributed by atoms with Crippen LogP contribution in [0.5, 0.6) is 5.75 Å². The van der Waals surface area contributed by atoms with E-state index >= 15 is 0 Å². The molecule has 0 spiro atoms. The van der Waals surface area contributed by atoms with E-state index in [0.717, 1.165) is 37.8 Å². The van der Waals surface area contributed by atoms with E-state index < -0.39 is 15.9 Å². The van der Waals surface area contributed by atoms with Crippen molar-refractivity contribution in [3.8, 4) is 5.75 Å². The van der Waals surface area contributed by atoms with Crippen LogP contribution >= 0.6 is 0 Å². The average Bonchev–Trinajstić information content (AvgIpc) is 3.07. The lowest BCUT2D eigenvalue weighted by Crippen LogP contribution is -2.32. The van der Waals surface area contributed by atoms with Gasteiger partial charge in [-0.05, 0) is 61.7 Å². The average molecular weight is 472 g/mol. The third-order valence-electron chi connectivity index (χ3n) is 6.13. The fourth-order valence-electron chi connectivity index (χ4n) is 4.30. The standard InChI is InChI=1S/C24H29N3O5S/c1-32-22-13-12-20(33(30,31)26-14-4-2-3-5-15-26)17-21(22)24(29)25-18-8-10-19(11-9-18)27-16-6-7-23(27)28/h8-13,17H,2-7,14-16H2,1H3,(H,25,29). The summed E-state index contributed by atoms with van der Waals surface area (Å²) in [5.41, 5.74) is 1.48. The molecule has 2 fully saturated rings. The van der Waals surface area contributed by atoms with Crippen molar-refractivity contribution in [3.05, 3.63) is 48.0 Å². The van der Waals surface area contributed by atoms with Gasteiger partial charge >= 0.3 is 0 Å². The molecule has 2 heterocycles. The monoisotopic (exact) mass is 471 g/mol. The molecule has 0 saturated carbocycles. The Morgan fingerprint density at radius 3 is 2.24 bits per heavy atom. The maximum Gasteiger partial charge on any atom is 0.259 e. The van der Waals surface area contributed by atoms with Gasteiger partial charge in [-0.3, -0.25) is 9.59 Å². The number of carbonyl (C=O) groups excluding carboxylic acids is 2. The highest BCUT2D eigenvalue weighted by Crippen LogP contribution is 2.28. The Morgan fingerprint density at radius 2 is 1.64 bits per heavy atom. The summed E-state index contributed by atoms with van der Waals surface area (Å²) in [6.07, 6.45) is 5.10. The van der Waals surface area contributed by atoms with Crippen molar-refractivity contribution >= 4 is 33.2 Å². The maximum atomic E-state index is 13.2. The molecule has 2 aromatic rings. The van der Waals surface area contributed by atoms with Crippen molar-refractivity contribution in [2.24, 2.45) is 0 Å². The largest absolute Gasteiger partial charge is 0.496 e. The zero-order chi connectivity index (χ0) is 23.4. The Kier molecular flexibility index (Phi) is 6.99. The summed E-state index contributed by atoms with van der Waals surface area (Å²) in [5.74, 6) is -0.0784. The van der Waals surface area contributed by atoms with Crippen LogP contribution in [-0.4, -0.2) is 51.3 Å². The number of nitrogens with zero attached hydrogens (tertiary/aromatic N) is 2. The SMILES string of the molecule is COc1ccc(S(=O)(=O)N2CCCCCC2)cc1C(=O)Nc1ccc(N2CCCC2=O)cc1. The minimum atomic E-state index is -3.70. The van der Waals surface area contributed by atoms with Gasteiger partial charge in [-0.1, -0.05) is 12.8 Å². The second kappa shape index (κ2) is 9.93. The molecule has 2 aliphatic rings. The quantitative estimate of drug-likeness (QED) is 0.694. The number of nitrogens with one attached hydrogen (secondary N) is 1. The molecule has 0 atom stereocenters. The van der Waals surface area contributed by atoms with Gasteiger partial charge in [0.2, 0.25) is 15.9 Å². The summed E-state index contributed by atoms with van der Waals surface area (Å²) >= 11 is 0. The Morgan fingerprint density at radius 1 is 0.939 bits per heavy atom. The van der Waals surface area contributed by atoms with Gasteiger partial charge in [0, 0.05) is 37.4 Å². The van der Waals surface area contributed by atoms with Gasteiger partial charge in [-0.25, -0.2) is 8.42 Å². The molecule has 2 aliphatic heterocycles. The summed E-state index contributed by atoms with van der Waals surface area (Å²) in [6.45, 7) is 1.67. The molecular weight excluding hydrogens is 442 g/mol. The van der Waals surface area contributed by atoms with Crippen molar-refractivity contribution in [2.75, 3.05) is 37.0 Å². The molecule has 0 aliphatic carbocycles. The lowest BCUT2D eigenvalue weighted by atomic mass is 10.1. The molecule has 2 saturated heterocycles. The van der Waals surface area contributed by atoms with E-state index in [4.69, 9.17) is 4.74 Å². The second-order valence-corrected chi connectivity index (χ2v) is 10.3. The fourth-order valence-corrected chi connectivity index (χ4v) is 5.84. The van der Waals surface area contributed by atoms with E-state index in [0.29, 0.717) is 37.5 Å². The topological polar surface area (TPSA) is 96.0 Å². The lowest BCUT2D eigenvalue weighted by molar-refractivity contribution is -0.117. The van der Waals surface area contributed by atoms with E-state index in [1.807, 2.05) is 0 Å². The number of rotatable bonds is 6. The first-order chi connectivity index (χ1) is 15.9. The first kappa shape index (κ1) is 23.3. The molecule has 2 amide bonds. The van der Waals surface area contributed by atoms with E-state index in [9.17, 15) is 18.0 Å². The number of methoxy groups -OCH3 is 1. The van der Waals surface area contributed by atoms with Crippen LogP contribution < -0.4 is 15.0 Å². The third kappa shape index (κ3) is 5.04. The second-order valence-electron chi connectivity index (χ2n) is 8.33. The Labute approximate surface area is 194 Å². The highest BCUT2D eigenvalue weighted by atomic mass is 32.2. The summed E-state index contributed by atoms with van der Waals surface area (Å²) in [5, 5.41) is 2.80. The van der Waals surface area contributed by atoms with Crippen molar-refractivity contribution in [2.45, 2.75) is 43.4 Å².